The second-order valence-electron chi connectivity index (χ2n) is 7.09. The van der Waals surface area contributed by atoms with E-state index in [9.17, 15) is 9.59 Å². The van der Waals surface area contributed by atoms with E-state index in [0.717, 1.165) is 18.5 Å². The molecule has 3 rings (SSSR count). The Hall–Kier alpha value is -2.05. The van der Waals surface area contributed by atoms with Gasteiger partial charge in [0.05, 0.1) is 11.1 Å². The maximum Gasteiger partial charge on any atom is 0.325 e. The monoisotopic (exact) mass is 320 g/mol. The summed E-state index contributed by atoms with van der Waals surface area (Å²) < 4.78 is 5.38. The Morgan fingerprint density at radius 1 is 1.35 bits per heavy atom. The molecule has 1 atom stereocenters. The Kier molecular flexibility index (Phi) is 3.82. The summed E-state index contributed by atoms with van der Waals surface area (Å²) >= 11 is 0. The number of rotatable bonds is 2. The number of likely N-dealkylation sites (tertiary alicyclic amines) is 1. The molecule has 3 amide bonds. The third-order valence-corrected chi connectivity index (χ3v) is 5.19. The lowest BCUT2D eigenvalue weighted by atomic mass is 9.68. The van der Waals surface area contributed by atoms with Crippen LogP contribution in [0.5, 0.6) is 0 Å². The van der Waals surface area contributed by atoms with Crippen molar-refractivity contribution in [2.75, 3.05) is 18.4 Å². The van der Waals surface area contributed by atoms with Crippen molar-refractivity contribution in [2.24, 2.45) is 11.3 Å². The molecule has 2 saturated heterocycles. The third-order valence-electron chi connectivity index (χ3n) is 5.19. The maximum atomic E-state index is 12.3. The minimum absolute atomic E-state index is 0.123. The summed E-state index contributed by atoms with van der Waals surface area (Å²) in [6.45, 7) is 8.99. The minimum atomic E-state index is -0.289. The van der Waals surface area contributed by atoms with Crippen molar-refractivity contribution in [2.45, 2.75) is 46.6 Å². The van der Waals surface area contributed by atoms with Gasteiger partial charge < -0.3 is 14.6 Å². The van der Waals surface area contributed by atoms with Crippen molar-refractivity contribution in [1.29, 1.82) is 0 Å². The molecule has 0 spiro atoms. The standard InChI is InChI=1S/C16H24N4O3/c1-9-10(2)23-14(17-9)19-15(22)20-7-5-11(6-8-20)12-16(3,4)13(21)18-12/h11-12H,5-8H2,1-4H3,(H,18,21)(H,17,19,22). The molecule has 1 aromatic heterocycles. The molecule has 0 aromatic carbocycles. The number of piperidine rings is 1. The van der Waals surface area contributed by atoms with Gasteiger partial charge in [-0.25, -0.2) is 4.79 Å². The van der Waals surface area contributed by atoms with Crippen LogP contribution in [0.1, 0.15) is 38.1 Å². The van der Waals surface area contributed by atoms with E-state index in [1.54, 1.807) is 4.90 Å². The highest BCUT2D eigenvalue weighted by Crippen LogP contribution is 2.38. The van der Waals surface area contributed by atoms with Crippen LogP contribution in [-0.2, 0) is 4.79 Å². The molecule has 7 heteroatoms. The number of anilines is 1. The Morgan fingerprint density at radius 2 is 2.00 bits per heavy atom. The predicted molar refractivity (Wildman–Crippen MR) is 85.0 cm³/mol. The molecular formula is C16H24N4O3. The summed E-state index contributed by atoms with van der Waals surface area (Å²) in [6, 6.07) is 0.290. The lowest BCUT2D eigenvalue weighted by Crippen LogP contribution is -2.68. The fourth-order valence-electron chi connectivity index (χ4n) is 3.41. The van der Waals surface area contributed by atoms with E-state index in [1.807, 2.05) is 27.7 Å². The van der Waals surface area contributed by atoms with Gasteiger partial charge in [0.1, 0.15) is 5.76 Å². The van der Waals surface area contributed by atoms with Gasteiger partial charge >= 0.3 is 12.0 Å². The second-order valence-corrected chi connectivity index (χ2v) is 7.09. The minimum Gasteiger partial charge on any atom is -0.428 e. The van der Waals surface area contributed by atoms with Gasteiger partial charge in [0.2, 0.25) is 5.91 Å². The number of hydrogen-bond donors (Lipinski definition) is 2. The molecule has 2 aliphatic heterocycles. The van der Waals surface area contributed by atoms with Gasteiger partial charge in [0.15, 0.2) is 0 Å². The topological polar surface area (TPSA) is 87.5 Å². The summed E-state index contributed by atoms with van der Waals surface area (Å²) in [5, 5.41) is 5.72. The number of nitrogens with zero attached hydrogens (tertiary/aromatic N) is 2. The first-order chi connectivity index (χ1) is 10.8. The fourth-order valence-corrected chi connectivity index (χ4v) is 3.41. The number of nitrogens with one attached hydrogen (secondary N) is 2. The number of amides is 3. The molecule has 0 saturated carbocycles. The van der Waals surface area contributed by atoms with Gasteiger partial charge in [0.25, 0.3) is 0 Å². The first-order valence-corrected chi connectivity index (χ1v) is 8.10. The number of urea groups is 1. The van der Waals surface area contributed by atoms with E-state index in [0.29, 0.717) is 24.8 Å². The molecular weight excluding hydrogens is 296 g/mol. The lowest BCUT2D eigenvalue weighted by Gasteiger charge is -2.50. The summed E-state index contributed by atoms with van der Waals surface area (Å²) in [7, 11) is 0. The summed E-state index contributed by atoms with van der Waals surface area (Å²) in [5.41, 5.74) is 0.490. The van der Waals surface area contributed by atoms with E-state index in [1.165, 1.54) is 0 Å². The van der Waals surface area contributed by atoms with E-state index in [2.05, 4.69) is 15.6 Å². The SMILES string of the molecule is Cc1nc(NC(=O)N2CCC(C3NC(=O)C3(C)C)CC2)oc1C. The zero-order valence-electron chi connectivity index (χ0n) is 14.1. The summed E-state index contributed by atoms with van der Waals surface area (Å²) in [5.74, 6) is 1.26. The van der Waals surface area contributed by atoms with Gasteiger partial charge in [-0.2, -0.15) is 4.98 Å². The molecule has 126 valence electrons. The molecule has 3 heterocycles. The lowest BCUT2D eigenvalue weighted by molar-refractivity contribution is -0.146. The van der Waals surface area contributed by atoms with Crippen molar-refractivity contribution in [3.8, 4) is 0 Å². The first kappa shape index (κ1) is 15.8. The van der Waals surface area contributed by atoms with Gasteiger partial charge in [-0.1, -0.05) is 0 Å². The van der Waals surface area contributed by atoms with Crippen LogP contribution in [-0.4, -0.2) is 41.0 Å². The molecule has 2 N–H and O–H groups in total. The van der Waals surface area contributed by atoms with E-state index < -0.39 is 0 Å². The quantitative estimate of drug-likeness (QED) is 0.817. The van der Waals surface area contributed by atoms with Crippen LogP contribution in [0, 0.1) is 25.2 Å². The average molecular weight is 320 g/mol. The number of hydrogen-bond acceptors (Lipinski definition) is 4. The van der Waals surface area contributed by atoms with E-state index in [4.69, 9.17) is 4.42 Å². The van der Waals surface area contributed by atoms with E-state index >= 15 is 0 Å². The number of carbonyl (C=O) groups excluding carboxylic acids is 2. The van der Waals surface area contributed by atoms with Gasteiger partial charge in [-0.3, -0.25) is 10.1 Å². The van der Waals surface area contributed by atoms with Crippen LogP contribution >= 0.6 is 0 Å². The van der Waals surface area contributed by atoms with Crippen LogP contribution in [0.2, 0.25) is 0 Å². The van der Waals surface area contributed by atoms with Crippen molar-refractivity contribution in [1.82, 2.24) is 15.2 Å². The molecule has 23 heavy (non-hydrogen) atoms. The highest BCUT2D eigenvalue weighted by Gasteiger charge is 2.51. The number of aryl methyl sites for hydroxylation is 2. The van der Waals surface area contributed by atoms with Gasteiger partial charge in [-0.15, -0.1) is 0 Å². The Balaban J connectivity index is 1.52. The zero-order chi connectivity index (χ0) is 16.8. The third kappa shape index (κ3) is 2.80. The number of carbonyl (C=O) groups is 2. The predicted octanol–water partition coefficient (Wildman–Crippen LogP) is 2.06. The average Bonchev–Trinajstić information content (AvgIpc) is 2.83. The first-order valence-electron chi connectivity index (χ1n) is 8.10. The molecule has 1 unspecified atom stereocenters. The van der Waals surface area contributed by atoms with Crippen molar-refractivity contribution < 1.29 is 14.0 Å². The van der Waals surface area contributed by atoms with E-state index in [-0.39, 0.29) is 29.4 Å². The maximum absolute atomic E-state index is 12.3. The molecule has 0 aliphatic carbocycles. The molecule has 7 nitrogen and oxygen atoms in total. The highest BCUT2D eigenvalue weighted by atomic mass is 16.4. The van der Waals surface area contributed by atoms with Crippen LogP contribution in [0.3, 0.4) is 0 Å². The fraction of sp³-hybridized carbons (Fsp3) is 0.688. The molecule has 0 bridgehead atoms. The second kappa shape index (κ2) is 5.54. The summed E-state index contributed by atoms with van der Waals surface area (Å²) in [4.78, 5) is 29.8. The van der Waals surface area contributed by atoms with Crippen LogP contribution in [0.15, 0.2) is 4.42 Å². The zero-order valence-corrected chi connectivity index (χ0v) is 14.1. The largest absolute Gasteiger partial charge is 0.428 e. The van der Waals surface area contributed by atoms with Crippen LogP contribution < -0.4 is 10.6 Å². The van der Waals surface area contributed by atoms with Gasteiger partial charge in [-0.05, 0) is 46.5 Å². The Labute approximate surface area is 135 Å². The smallest absolute Gasteiger partial charge is 0.325 e. The van der Waals surface area contributed by atoms with Gasteiger partial charge in [0, 0.05) is 19.1 Å². The van der Waals surface area contributed by atoms with Crippen LogP contribution in [0.4, 0.5) is 10.8 Å². The number of β-lactam (4-membered cyclic amide) rings is 1. The highest BCUT2D eigenvalue weighted by molar-refractivity contribution is 5.89. The van der Waals surface area contributed by atoms with Crippen molar-refractivity contribution in [3.05, 3.63) is 11.5 Å². The molecule has 0 radical (unpaired) electrons. The number of aromatic nitrogens is 1. The van der Waals surface area contributed by atoms with Crippen LogP contribution in [0.25, 0.3) is 0 Å². The normalized spacial score (nSPS) is 24.1. The molecule has 2 fully saturated rings. The molecule has 2 aliphatic rings. The van der Waals surface area contributed by atoms with Crippen molar-refractivity contribution in [3.63, 3.8) is 0 Å². The Bertz CT molecular complexity index is 610. The summed E-state index contributed by atoms with van der Waals surface area (Å²) in [6.07, 6.45) is 1.79. The van der Waals surface area contributed by atoms with Crippen molar-refractivity contribution >= 4 is 18.0 Å². The molecule has 1 aromatic rings. The number of oxazole rings is 1. The Morgan fingerprint density at radius 3 is 2.48 bits per heavy atom.